The average Bonchev–Trinajstić information content (AvgIpc) is 3.12. The van der Waals surface area contributed by atoms with E-state index in [1.54, 1.807) is 6.33 Å². The van der Waals surface area contributed by atoms with Gasteiger partial charge < -0.3 is 4.98 Å². The van der Waals surface area contributed by atoms with Crippen LogP contribution in [-0.4, -0.2) is 41.9 Å². The molecule has 0 spiro atoms. The Morgan fingerprint density at radius 1 is 1.18 bits per heavy atom. The zero-order valence-electron chi connectivity index (χ0n) is 13.5. The maximum Gasteiger partial charge on any atom is 0.0972 e. The minimum atomic E-state index is 0.478. The molecule has 0 aliphatic heterocycles. The molecule has 0 aliphatic rings. The maximum absolute atomic E-state index is 4.31. The first-order valence-electron chi connectivity index (χ1n) is 7.65. The molecule has 0 bridgehead atoms. The highest BCUT2D eigenvalue weighted by Crippen LogP contribution is 2.16. The summed E-state index contributed by atoms with van der Waals surface area (Å²) in [6.07, 6.45) is 3.69. The molecule has 6 heteroatoms. The van der Waals surface area contributed by atoms with Gasteiger partial charge in [0.1, 0.15) is 0 Å². The van der Waals surface area contributed by atoms with Crippen molar-refractivity contribution in [3.05, 3.63) is 36.4 Å². The minimum absolute atomic E-state index is 0.478. The fraction of sp³-hybridized carbons (Fsp3) is 0.438. The van der Waals surface area contributed by atoms with E-state index in [9.17, 15) is 0 Å². The third-order valence-electron chi connectivity index (χ3n) is 3.88. The van der Waals surface area contributed by atoms with Crippen molar-refractivity contribution in [3.63, 3.8) is 0 Å². The number of nitrogens with one attached hydrogen (secondary N) is 1. The van der Waals surface area contributed by atoms with E-state index in [0.717, 1.165) is 29.0 Å². The molecule has 3 aromatic rings. The number of fused-ring (bicyclic) bond motifs is 1. The van der Waals surface area contributed by atoms with Crippen LogP contribution in [0.5, 0.6) is 0 Å². The van der Waals surface area contributed by atoms with E-state index in [4.69, 9.17) is 0 Å². The molecule has 0 saturated heterocycles. The second-order valence-corrected chi connectivity index (χ2v) is 6.12. The van der Waals surface area contributed by atoms with Gasteiger partial charge in [-0.2, -0.15) is 0 Å². The number of rotatable bonds is 5. The fourth-order valence-corrected chi connectivity index (χ4v) is 2.71. The van der Waals surface area contributed by atoms with Gasteiger partial charge in [0.15, 0.2) is 0 Å². The summed E-state index contributed by atoms with van der Waals surface area (Å²) in [5, 5.41) is 8.57. The van der Waals surface area contributed by atoms with Crippen LogP contribution in [0.1, 0.15) is 33.4 Å². The molecule has 22 heavy (non-hydrogen) atoms. The summed E-state index contributed by atoms with van der Waals surface area (Å²) in [5.41, 5.74) is 3.92. The molecule has 0 fully saturated rings. The maximum atomic E-state index is 4.31. The van der Waals surface area contributed by atoms with Crippen molar-refractivity contribution in [2.45, 2.75) is 46.3 Å². The van der Waals surface area contributed by atoms with Gasteiger partial charge in [-0.1, -0.05) is 5.21 Å². The van der Waals surface area contributed by atoms with Gasteiger partial charge >= 0.3 is 0 Å². The van der Waals surface area contributed by atoms with Gasteiger partial charge in [-0.15, -0.1) is 5.10 Å². The van der Waals surface area contributed by atoms with Crippen molar-refractivity contribution in [3.8, 4) is 5.69 Å². The molecule has 0 aliphatic carbocycles. The second-order valence-electron chi connectivity index (χ2n) is 6.12. The van der Waals surface area contributed by atoms with Crippen LogP contribution in [0.25, 0.3) is 16.7 Å². The Kier molecular flexibility index (Phi) is 3.94. The number of benzene rings is 1. The Bertz CT molecular complexity index is 747. The largest absolute Gasteiger partial charge is 0.345 e. The molecule has 1 N–H and O–H groups in total. The highest BCUT2D eigenvalue weighted by Gasteiger charge is 2.15. The molecule has 0 amide bonds. The number of aromatic nitrogens is 5. The van der Waals surface area contributed by atoms with E-state index in [1.807, 2.05) is 29.1 Å². The summed E-state index contributed by atoms with van der Waals surface area (Å²) in [6, 6.07) is 6.98. The zero-order chi connectivity index (χ0) is 15.7. The summed E-state index contributed by atoms with van der Waals surface area (Å²) in [5.74, 6) is 0. The van der Waals surface area contributed by atoms with Crippen LogP contribution in [0.15, 0.2) is 30.7 Å². The first kappa shape index (κ1) is 14.7. The number of imidazole rings is 1. The first-order valence-corrected chi connectivity index (χ1v) is 7.65. The zero-order valence-corrected chi connectivity index (χ0v) is 13.5. The summed E-state index contributed by atoms with van der Waals surface area (Å²) < 4.78 is 1.81. The van der Waals surface area contributed by atoms with E-state index in [2.05, 4.69) is 52.9 Å². The number of aromatic amines is 1. The standard InChI is InChI=1S/C16H22N6/c1-11(2)21(12(3)4)8-13-9-22(20-19-13)14-5-6-15-16(7-14)18-10-17-15/h5-7,9-12H,8H2,1-4H3,(H,17,18). The van der Waals surface area contributed by atoms with Gasteiger partial charge in [0.05, 0.1) is 34.9 Å². The Hall–Kier alpha value is -2.21. The van der Waals surface area contributed by atoms with Crippen molar-refractivity contribution >= 4 is 11.0 Å². The Morgan fingerprint density at radius 3 is 2.68 bits per heavy atom. The molecule has 2 heterocycles. The van der Waals surface area contributed by atoms with Crippen molar-refractivity contribution in [2.24, 2.45) is 0 Å². The van der Waals surface area contributed by atoms with Gasteiger partial charge in [0.25, 0.3) is 0 Å². The molecular formula is C16H22N6. The SMILES string of the molecule is CC(C)N(Cc1cn(-c2ccc3nc[nH]c3c2)nn1)C(C)C. The summed E-state index contributed by atoms with van der Waals surface area (Å²) in [6.45, 7) is 9.63. The van der Waals surface area contributed by atoms with E-state index >= 15 is 0 Å². The lowest BCUT2D eigenvalue weighted by molar-refractivity contribution is 0.164. The van der Waals surface area contributed by atoms with Crippen molar-refractivity contribution in [1.82, 2.24) is 29.9 Å². The second kappa shape index (κ2) is 5.88. The Balaban J connectivity index is 1.83. The lowest BCUT2D eigenvalue weighted by atomic mass is 10.2. The number of hydrogen-bond donors (Lipinski definition) is 1. The first-order chi connectivity index (χ1) is 10.5. The molecule has 116 valence electrons. The number of hydrogen-bond acceptors (Lipinski definition) is 4. The molecule has 6 nitrogen and oxygen atoms in total. The highest BCUT2D eigenvalue weighted by atomic mass is 15.4. The van der Waals surface area contributed by atoms with E-state index in [0.29, 0.717) is 12.1 Å². The number of nitrogens with zero attached hydrogens (tertiary/aromatic N) is 5. The summed E-state index contributed by atoms with van der Waals surface area (Å²) in [7, 11) is 0. The van der Waals surface area contributed by atoms with Crippen LogP contribution in [-0.2, 0) is 6.54 Å². The number of H-pyrrole nitrogens is 1. The van der Waals surface area contributed by atoms with Gasteiger partial charge in [0, 0.05) is 18.6 Å². The van der Waals surface area contributed by atoms with Crippen LogP contribution >= 0.6 is 0 Å². The van der Waals surface area contributed by atoms with Crippen LogP contribution in [0, 0.1) is 0 Å². The fourth-order valence-electron chi connectivity index (χ4n) is 2.71. The van der Waals surface area contributed by atoms with Crippen molar-refractivity contribution < 1.29 is 0 Å². The molecule has 0 atom stereocenters. The minimum Gasteiger partial charge on any atom is -0.345 e. The van der Waals surface area contributed by atoms with Gasteiger partial charge in [0.2, 0.25) is 0 Å². The highest BCUT2D eigenvalue weighted by molar-refractivity contribution is 5.76. The average molecular weight is 298 g/mol. The van der Waals surface area contributed by atoms with Crippen LogP contribution < -0.4 is 0 Å². The molecule has 0 saturated carbocycles. The van der Waals surface area contributed by atoms with Gasteiger partial charge in [-0.3, -0.25) is 4.90 Å². The Labute approximate surface area is 130 Å². The smallest absolute Gasteiger partial charge is 0.0972 e. The van der Waals surface area contributed by atoms with Crippen LogP contribution in [0.2, 0.25) is 0 Å². The quantitative estimate of drug-likeness (QED) is 0.786. The molecule has 0 radical (unpaired) electrons. The molecule has 2 aromatic heterocycles. The van der Waals surface area contributed by atoms with Gasteiger partial charge in [-0.05, 0) is 45.9 Å². The van der Waals surface area contributed by atoms with Crippen LogP contribution in [0.4, 0.5) is 0 Å². The molecule has 0 unspecified atom stereocenters. The van der Waals surface area contributed by atoms with E-state index in [1.165, 1.54) is 0 Å². The predicted octanol–water partition coefficient (Wildman–Crippen LogP) is 2.76. The lowest BCUT2D eigenvalue weighted by Gasteiger charge is -2.29. The third kappa shape index (κ3) is 2.87. The lowest BCUT2D eigenvalue weighted by Crippen LogP contribution is -2.36. The monoisotopic (exact) mass is 298 g/mol. The predicted molar refractivity (Wildman–Crippen MR) is 86.8 cm³/mol. The van der Waals surface area contributed by atoms with Crippen molar-refractivity contribution in [2.75, 3.05) is 0 Å². The van der Waals surface area contributed by atoms with Crippen molar-refractivity contribution in [1.29, 1.82) is 0 Å². The van der Waals surface area contributed by atoms with E-state index in [-0.39, 0.29) is 0 Å². The molecular weight excluding hydrogens is 276 g/mol. The van der Waals surface area contributed by atoms with Gasteiger partial charge in [-0.25, -0.2) is 9.67 Å². The third-order valence-corrected chi connectivity index (χ3v) is 3.88. The molecule has 3 rings (SSSR count). The molecule has 1 aromatic carbocycles. The van der Waals surface area contributed by atoms with Crippen LogP contribution in [0.3, 0.4) is 0 Å². The summed E-state index contributed by atoms with van der Waals surface area (Å²) in [4.78, 5) is 9.74. The summed E-state index contributed by atoms with van der Waals surface area (Å²) >= 11 is 0. The van der Waals surface area contributed by atoms with E-state index < -0.39 is 0 Å². The Morgan fingerprint density at radius 2 is 1.95 bits per heavy atom. The normalized spacial score (nSPS) is 12.1. The topological polar surface area (TPSA) is 62.6 Å².